The van der Waals surface area contributed by atoms with E-state index in [2.05, 4.69) is 29.7 Å². The average molecular weight is 450 g/mol. The van der Waals surface area contributed by atoms with Crippen LogP contribution in [-0.2, 0) is 9.47 Å². The first-order valence-electron chi connectivity index (χ1n) is 11.8. The molecule has 0 N–H and O–H groups in total. The van der Waals surface area contributed by atoms with Gasteiger partial charge in [-0.1, -0.05) is 0 Å². The zero-order valence-electron chi connectivity index (χ0n) is 19.5. The molecule has 1 aromatic carbocycles. The van der Waals surface area contributed by atoms with Gasteiger partial charge in [-0.3, -0.25) is 0 Å². The van der Waals surface area contributed by atoms with E-state index in [9.17, 15) is 0 Å². The third-order valence-electron chi connectivity index (χ3n) is 6.00. The van der Waals surface area contributed by atoms with Crippen LogP contribution in [0.2, 0.25) is 0 Å². The van der Waals surface area contributed by atoms with Gasteiger partial charge in [-0.2, -0.15) is 9.97 Å². The van der Waals surface area contributed by atoms with Gasteiger partial charge in [0.05, 0.1) is 43.1 Å². The minimum absolute atomic E-state index is 0.128. The van der Waals surface area contributed by atoms with E-state index in [4.69, 9.17) is 29.2 Å². The molecule has 2 aromatic heterocycles. The first-order chi connectivity index (χ1) is 16.1. The molecule has 2 fully saturated rings. The van der Waals surface area contributed by atoms with E-state index in [1.165, 1.54) is 0 Å². The van der Waals surface area contributed by atoms with Crippen LogP contribution in [0.4, 0.5) is 11.8 Å². The van der Waals surface area contributed by atoms with Crippen molar-refractivity contribution in [3.05, 3.63) is 36.4 Å². The van der Waals surface area contributed by atoms with Crippen molar-refractivity contribution in [2.75, 3.05) is 55.8 Å². The summed E-state index contributed by atoms with van der Waals surface area (Å²) in [6.07, 6.45) is 0.256. The minimum atomic E-state index is 0.128. The molecule has 0 radical (unpaired) electrons. The summed E-state index contributed by atoms with van der Waals surface area (Å²) in [6.45, 7) is 11.4. The van der Waals surface area contributed by atoms with Crippen LogP contribution in [0.1, 0.15) is 20.8 Å². The van der Waals surface area contributed by atoms with E-state index in [0.717, 1.165) is 54.4 Å². The molecule has 0 bridgehead atoms. The maximum atomic E-state index is 5.93. The number of ether oxygens (including phenoxy) is 3. The van der Waals surface area contributed by atoms with Gasteiger partial charge in [-0.05, 0) is 57.2 Å². The first-order valence-corrected chi connectivity index (χ1v) is 11.8. The van der Waals surface area contributed by atoms with Crippen LogP contribution in [0.5, 0.6) is 5.75 Å². The Morgan fingerprint density at radius 3 is 2.33 bits per heavy atom. The molecule has 0 unspecified atom stereocenters. The predicted octanol–water partition coefficient (Wildman–Crippen LogP) is 3.54. The second-order valence-electron chi connectivity index (χ2n) is 8.63. The Morgan fingerprint density at radius 2 is 1.64 bits per heavy atom. The van der Waals surface area contributed by atoms with Crippen molar-refractivity contribution in [3.63, 3.8) is 0 Å². The minimum Gasteiger partial charge on any atom is -0.494 e. The highest BCUT2D eigenvalue weighted by atomic mass is 16.5. The summed E-state index contributed by atoms with van der Waals surface area (Å²) in [5, 5.41) is 0.963. The molecular formula is C25H31N5O3. The van der Waals surface area contributed by atoms with Gasteiger partial charge >= 0.3 is 0 Å². The van der Waals surface area contributed by atoms with E-state index in [1.807, 2.05) is 37.3 Å². The van der Waals surface area contributed by atoms with E-state index >= 15 is 0 Å². The Balaban J connectivity index is 1.57. The second kappa shape index (κ2) is 9.49. The first kappa shape index (κ1) is 21.9. The fourth-order valence-electron chi connectivity index (χ4n) is 4.53. The number of morpholine rings is 2. The molecule has 2 aliphatic heterocycles. The average Bonchev–Trinajstić information content (AvgIpc) is 2.83. The van der Waals surface area contributed by atoms with Crippen molar-refractivity contribution >= 4 is 22.8 Å². The predicted molar refractivity (Wildman–Crippen MR) is 129 cm³/mol. The normalized spacial score (nSPS) is 21.4. The molecule has 4 heterocycles. The number of nitrogens with zero attached hydrogens (tertiary/aromatic N) is 5. The summed E-state index contributed by atoms with van der Waals surface area (Å²) < 4.78 is 17.1. The molecule has 0 saturated carbocycles. The molecule has 2 saturated heterocycles. The molecule has 8 nitrogen and oxygen atoms in total. The van der Waals surface area contributed by atoms with Crippen LogP contribution in [0, 0.1) is 0 Å². The number of rotatable bonds is 5. The van der Waals surface area contributed by atoms with Crippen LogP contribution in [0.3, 0.4) is 0 Å². The monoisotopic (exact) mass is 449 g/mol. The zero-order valence-corrected chi connectivity index (χ0v) is 19.5. The summed E-state index contributed by atoms with van der Waals surface area (Å²) in [7, 11) is 0. The van der Waals surface area contributed by atoms with Crippen molar-refractivity contribution in [3.8, 4) is 17.0 Å². The van der Waals surface area contributed by atoms with Crippen LogP contribution in [0.15, 0.2) is 36.4 Å². The number of fused-ring (bicyclic) bond motifs is 1. The fourth-order valence-corrected chi connectivity index (χ4v) is 4.53. The Kier molecular flexibility index (Phi) is 6.28. The molecule has 2 atom stereocenters. The fraction of sp³-hybridized carbons (Fsp3) is 0.480. The van der Waals surface area contributed by atoms with Crippen LogP contribution in [0.25, 0.3) is 22.3 Å². The summed E-state index contributed by atoms with van der Waals surface area (Å²) in [5.41, 5.74) is 2.62. The van der Waals surface area contributed by atoms with Crippen LogP contribution >= 0.6 is 0 Å². The number of hydrogen-bond acceptors (Lipinski definition) is 8. The molecular weight excluding hydrogens is 418 g/mol. The Hall–Kier alpha value is -2.97. The molecule has 0 aliphatic carbocycles. The van der Waals surface area contributed by atoms with Crippen molar-refractivity contribution < 1.29 is 14.2 Å². The Morgan fingerprint density at radius 1 is 0.909 bits per heavy atom. The SMILES string of the molecule is CCOc1ccc(-c2ccc3c(N4CCOCC4)nc(N4C[C@@H](C)O[C@@H](C)C4)nc3n2)cc1. The number of benzene rings is 1. The molecule has 174 valence electrons. The smallest absolute Gasteiger partial charge is 0.229 e. The highest BCUT2D eigenvalue weighted by molar-refractivity contribution is 5.90. The lowest BCUT2D eigenvalue weighted by Crippen LogP contribution is -2.46. The summed E-state index contributed by atoms with van der Waals surface area (Å²) in [5.74, 6) is 2.50. The topological polar surface area (TPSA) is 72.8 Å². The van der Waals surface area contributed by atoms with Crippen LogP contribution < -0.4 is 14.5 Å². The Labute approximate surface area is 194 Å². The summed E-state index contributed by atoms with van der Waals surface area (Å²) in [6, 6.07) is 12.2. The van der Waals surface area contributed by atoms with Crippen molar-refractivity contribution in [1.29, 1.82) is 0 Å². The van der Waals surface area contributed by atoms with Crippen molar-refractivity contribution in [1.82, 2.24) is 15.0 Å². The summed E-state index contributed by atoms with van der Waals surface area (Å²) in [4.78, 5) is 19.4. The van der Waals surface area contributed by atoms with E-state index in [0.29, 0.717) is 31.4 Å². The molecule has 33 heavy (non-hydrogen) atoms. The van der Waals surface area contributed by atoms with Gasteiger partial charge in [0.15, 0.2) is 5.65 Å². The summed E-state index contributed by atoms with van der Waals surface area (Å²) >= 11 is 0. The van der Waals surface area contributed by atoms with E-state index < -0.39 is 0 Å². The quantitative estimate of drug-likeness (QED) is 0.586. The lowest BCUT2D eigenvalue weighted by molar-refractivity contribution is -0.00570. The van der Waals surface area contributed by atoms with Gasteiger partial charge in [0, 0.05) is 31.7 Å². The highest BCUT2D eigenvalue weighted by Gasteiger charge is 2.26. The maximum Gasteiger partial charge on any atom is 0.229 e. The van der Waals surface area contributed by atoms with Crippen molar-refractivity contribution in [2.24, 2.45) is 0 Å². The zero-order chi connectivity index (χ0) is 22.8. The van der Waals surface area contributed by atoms with Gasteiger partial charge in [-0.15, -0.1) is 0 Å². The number of hydrogen-bond donors (Lipinski definition) is 0. The van der Waals surface area contributed by atoms with Crippen molar-refractivity contribution in [2.45, 2.75) is 33.0 Å². The Bertz CT molecular complexity index is 1090. The van der Waals surface area contributed by atoms with Gasteiger partial charge in [0.25, 0.3) is 0 Å². The molecule has 0 amide bonds. The molecule has 2 aliphatic rings. The van der Waals surface area contributed by atoms with E-state index in [1.54, 1.807) is 0 Å². The van der Waals surface area contributed by atoms with E-state index in [-0.39, 0.29) is 12.2 Å². The highest BCUT2D eigenvalue weighted by Crippen LogP contribution is 2.30. The lowest BCUT2D eigenvalue weighted by atomic mass is 10.1. The third-order valence-corrected chi connectivity index (χ3v) is 6.00. The number of anilines is 2. The standard InChI is InChI=1S/C25H31N5O3/c1-4-32-20-7-5-19(6-8-20)22-10-9-21-23(26-22)27-25(30-15-17(2)33-18(3)16-30)28-24(21)29-11-13-31-14-12-29/h5-10,17-18H,4,11-16H2,1-3H3/t17-,18+. The molecule has 3 aromatic rings. The molecule has 8 heteroatoms. The van der Waals surface area contributed by atoms with Gasteiger partial charge in [0.2, 0.25) is 5.95 Å². The number of pyridine rings is 1. The van der Waals surface area contributed by atoms with Gasteiger partial charge in [-0.25, -0.2) is 4.98 Å². The molecule has 0 spiro atoms. The van der Waals surface area contributed by atoms with Gasteiger partial charge in [0.1, 0.15) is 11.6 Å². The number of aromatic nitrogens is 3. The van der Waals surface area contributed by atoms with Gasteiger partial charge < -0.3 is 24.0 Å². The van der Waals surface area contributed by atoms with Crippen LogP contribution in [-0.4, -0.2) is 73.2 Å². The largest absolute Gasteiger partial charge is 0.494 e. The second-order valence-corrected chi connectivity index (χ2v) is 8.63. The maximum absolute atomic E-state index is 5.93. The molecule has 5 rings (SSSR count). The third kappa shape index (κ3) is 4.72. The lowest BCUT2D eigenvalue weighted by Gasteiger charge is -2.36.